The van der Waals surface area contributed by atoms with Gasteiger partial charge in [0.25, 0.3) is 0 Å². The van der Waals surface area contributed by atoms with Crippen molar-refractivity contribution in [2.45, 2.75) is 24.3 Å². The summed E-state index contributed by atoms with van der Waals surface area (Å²) in [6, 6.07) is 12.0. The minimum atomic E-state index is -3.67. The second-order valence-electron chi connectivity index (χ2n) is 6.07. The summed E-state index contributed by atoms with van der Waals surface area (Å²) in [6.07, 6.45) is 0. The van der Waals surface area contributed by atoms with Gasteiger partial charge in [0.05, 0.1) is 17.9 Å². The number of methoxy groups -OCH3 is 1. The number of carbonyl (C=O) groups excluding carboxylic acids is 1. The molecule has 1 atom stereocenters. The number of hydrogen-bond donors (Lipinski definition) is 1. The van der Waals surface area contributed by atoms with Crippen molar-refractivity contribution >= 4 is 21.6 Å². The Kier molecular flexibility index (Phi) is 4.53. The van der Waals surface area contributed by atoms with Crippen molar-refractivity contribution in [2.75, 3.05) is 19.5 Å². The molecule has 2 aromatic rings. The molecule has 0 radical (unpaired) electrons. The van der Waals surface area contributed by atoms with Crippen LogP contribution >= 0.6 is 0 Å². The van der Waals surface area contributed by atoms with Gasteiger partial charge in [-0.05, 0) is 48.4 Å². The molecular weight excluding hydrogens is 340 g/mol. The highest BCUT2D eigenvalue weighted by Gasteiger charge is 2.29. The zero-order valence-electron chi connectivity index (χ0n) is 14.3. The number of ether oxygens (including phenoxy) is 1. The Morgan fingerprint density at radius 3 is 2.68 bits per heavy atom. The molecule has 0 unspecified atom stereocenters. The highest BCUT2D eigenvalue weighted by atomic mass is 32.2. The summed E-state index contributed by atoms with van der Waals surface area (Å²) in [5.41, 5.74) is 2.21. The number of sulfonamides is 1. The van der Waals surface area contributed by atoms with Gasteiger partial charge in [-0.25, -0.2) is 8.42 Å². The zero-order valence-corrected chi connectivity index (χ0v) is 15.1. The van der Waals surface area contributed by atoms with Crippen LogP contribution in [-0.2, 0) is 21.4 Å². The van der Waals surface area contributed by atoms with E-state index in [1.165, 1.54) is 17.4 Å². The topological polar surface area (TPSA) is 75.7 Å². The van der Waals surface area contributed by atoms with Gasteiger partial charge in [0.15, 0.2) is 0 Å². The van der Waals surface area contributed by atoms with E-state index in [-0.39, 0.29) is 23.3 Å². The molecule has 0 aliphatic carbocycles. The van der Waals surface area contributed by atoms with Gasteiger partial charge in [0, 0.05) is 19.3 Å². The summed E-state index contributed by atoms with van der Waals surface area (Å²) in [4.78, 5) is 11.9. The maximum atomic E-state index is 12.9. The van der Waals surface area contributed by atoms with Crippen LogP contribution in [0.1, 0.15) is 24.0 Å². The number of rotatable bonds is 5. The number of nitrogens with zero attached hydrogens (tertiary/aromatic N) is 1. The molecule has 7 heteroatoms. The predicted molar refractivity (Wildman–Crippen MR) is 95.1 cm³/mol. The Balaban J connectivity index is 1.87. The first-order valence-electron chi connectivity index (χ1n) is 7.87. The molecule has 1 N–H and O–H groups in total. The van der Waals surface area contributed by atoms with E-state index in [4.69, 9.17) is 4.74 Å². The second-order valence-corrected chi connectivity index (χ2v) is 8.12. The lowest BCUT2D eigenvalue weighted by Crippen LogP contribution is -2.26. The number of carbonyl (C=O) groups is 1. The normalized spacial score (nSPS) is 16.6. The largest absolute Gasteiger partial charge is 0.497 e. The van der Waals surface area contributed by atoms with Gasteiger partial charge in [-0.15, -0.1) is 0 Å². The standard InChI is InChI=1S/C18H20N2O4S/c1-12-16-10-15(7-8-17(16)19-18(12)21)25(22,23)20(2)11-13-5-4-6-14(9-13)24-3/h4-10,12H,11H2,1-3H3,(H,19,21)/t12-/m1/s1. The quantitative estimate of drug-likeness (QED) is 0.889. The third-order valence-electron chi connectivity index (χ3n) is 4.39. The van der Waals surface area contributed by atoms with Crippen LogP contribution in [0.2, 0.25) is 0 Å². The fourth-order valence-corrected chi connectivity index (χ4v) is 4.04. The molecule has 132 valence electrons. The highest BCUT2D eigenvalue weighted by Crippen LogP contribution is 2.34. The molecule has 2 aromatic carbocycles. The van der Waals surface area contributed by atoms with Crippen molar-refractivity contribution in [3.8, 4) is 5.75 Å². The summed E-state index contributed by atoms with van der Waals surface area (Å²) in [5, 5.41) is 2.75. The molecule has 0 saturated heterocycles. The summed E-state index contributed by atoms with van der Waals surface area (Å²) < 4.78 is 32.2. The smallest absolute Gasteiger partial charge is 0.243 e. The average Bonchev–Trinajstić information content (AvgIpc) is 2.89. The second kappa shape index (κ2) is 6.50. The fraction of sp³-hybridized carbons (Fsp3) is 0.278. The van der Waals surface area contributed by atoms with Gasteiger partial charge in [0.2, 0.25) is 15.9 Å². The Morgan fingerprint density at radius 1 is 1.20 bits per heavy atom. The van der Waals surface area contributed by atoms with Crippen molar-refractivity contribution in [2.24, 2.45) is 0 Å². The highest BCUT2D eigenvalue weighted by molar-refractivity contribution is 7.89. The first-order chi connectivity index (χ1) is 11.8. The Labute approximate surface area is 147 Å². The zero-order chi connectivity index (χ0) is 18.2. The number of nitrogens with one attached hydrogen (secondary N) is 1. The minimum Gasteiger partial charge on any atom is -0.497 e. The molecule has 0 aromatic heterocycles. The summed E-state index contributed by atoms with van der Waals surface area (Å²) in [6.45, 7) is 1.99. The van der Waals surface area contributed by atoms with E-state index >= 15 is 0 Å². The van der Waals surface area contributed by atoms with Gasteiger partial charge < -0.3 is 10.1 Å². The van der Waals surface area contributed by atoms with Crippen molar-refractivity contribution in [1.82, 2.24) is 4.31 Å². The molecule has 1 aliphatic heterocycles. The molecule has 6 nitrogen and oxygen atoms in total. The van der Waals surface area contributed by atoms with Crippen molar-refractivity contribution in [1.29, 1.82) is 0 Å². The van der Waals surface area contributed by atoms with E-state index in [1.54, 1.807) is 32.2 Å². The number of amides is 1. The molecule has 1 heterocycles. The maximum absolute atomic E-state index is 12.9. The van der Waals surface area contributed by atoms with Gasteiger partial charge in [-0.3, -0.25) is 4.79 Å². The van der Waals surface area contributed by atoms with Crippen LogP contribution in [0.3, 0.4) is 0 Å². The summed E-state index contributed by atoms with van der Waals surface area (Å²) in [5.74, 6) is 0.211. The van der Waals surface area contributed by atoms with Gasteiger partial charge in [-0.1, -0.05) is 12.1 Å². The van der Waals surface area contributed by atoms with Crippen LogP contribution in [0.5, 0.6) is 5.75 Å². The van der Waals surface area contributed by atoms with Crippen molar-refractivity contribution < 1.29 is 17.9 Å². The van der Waals surface area contributed by atoms with E-state index in [9.17, 15) is 13.2 Å². The summed E-state index contributed by atoms with van der Waals surface area (Å²) in [7, 11) is -0.559. The van der Waals surface area contributed by atoms with Crippen LogP contribution < -0.4 is 10.1 Å². The third-order valence-corrected chi connectivity index (χ3v) is 6.19. The molecule has 0 saturated carbocycles. The van der Waals surface area contributed by atoms with E-state index in [0.29, 0.717) is 17.0 Å². The van der Waals surface area contributed by atoms with E-state index < -0.39 is 10.0 Å². The number of benzene rings is 2. The monoisotopic (exact) mass is 360 g/mol. The minimum absolute atomic E-state index is 0.116. The van der Waals surface area contributed by atoms with E-state index in [2.05, 4.69) is 5.32 Å². The molecule has 0 spiro atoms. The lowest BCUT2D eigenvalue weighted by Gasteiger charge is -2.18. The first-order valence-corrected chi connectivity index (χ1v) is 9.31. The van der Waals surface area contributed by atoms with Crippen LogP contribution in [0.25, 0.3) is 0 Å². The van der Waals surface area contributed by atoms with Crippen LogP contribution in [0.4, 0.5) is 5.69 Å². The fourth-order valence-electron chi connectivity index (χ4n) is 2.85. The molecular formula is C18H20N2O4S. The van der Waals surface area contributed by atoms with Crippen LogP contribution in [-0.4, -0.2) is 32.8 Å². The van der Waals surface area contributed by atoms with Gasteiger partial charge in [0.1, 0.15) is 5.75 Å². The van der Waals surface area contributed by atoms with E-state index in [0.717, 1.165) is 5.56 Å². The third kappa shape index (κ3) is 3.25. The summed E-state index contributed by atoms with van der Waals surface area (Å²) >= 11 is 0. The van der Waals surface area contributed by atoms with Gasteiger partial charge in [-0.2, -0.15) is 4.31 Å². The Morgan fingerprint density at radius 2 is 1.96 bits per heavy atom. The Bertz CT molecular complexity index is 924. The molecule has 3 rings (SSSR count). The van der Waals surface area contributed by atoms with Gasteiger partial charge >= 0.3 is 0 Å². The van der Waals surface area contributed by atoms with E-state index in [1.807, 2.05) is 18.2 Å². The molecule has 0 bridgehead atoms. The predicted octanol–water partition coefficient (Wildman–Crippen LogP) is 2.57. The SMILES string of the molecule is COc1cccc(CN(C)S(=O)(=O)c2ccc3c(c2)[C@@H](C)C(=O)N3)c1. The Hall–Kier alpha value is -2.38. The number of fused-ring (bicyclic) bond motifs is 1. The first kappa shape index (κ1) is 17.4. The lowest BCUT2D eigenvalue weighted by atomic mass is 10.0. The van der Waals surface area contributed by atoms with Crippen LogP contribution in [0.15, 0.2) is 47.4 Å². The number of anilines is 1. The average molecular weight is 360 g/mol. The van der Waals surface area contributed by atoms with Crippen molar-refractivity contribution in [3.05, 3.63) is 53.6 Å². The molecule has 1 amide bonds. The maximum Gasteiger partial charge on any atom is 0.243 e. The molecule has 25 heavy (non-hydrogen) atoms. The molecule has 1 aliphatic rings. The molecule has 0 fully saturated rings. The van der Waals surface area contributed by atoms with Crippen LogP contribution in [0, 0.1) is 0 Å². The number of hydrogen-bond acceptors (Lipinski definition) is 4. The lowest BCUT2D eigenvalue weighted by molar-refractivity contribution is -0.116. The van der Waals surface area contributed by atoms with Crippen molar-refractivity contribution in [3.63, 3.8) is 0 Å².